The molecule has 1 aromatic heterocycles. The van der Waals surface area contributed by atoms with E-state index in [1.54, 1.807) is 48.5 Å². The van der Waals surface area contributed by atoms with Crippen LogP contribution in [-0.4, -0.2) is 27.6 Å². The molecule has 2 amide bonds. The van der Waals surface area contributed by atoms with Crippen molar-refractivity contribution in [3.8, 4) is 0 Å². The predicted molar refractivity (Wildman–Crippen MR) is 111 cm³/mol. The Morgan fingerprint density at radius 2 is 1.66 bits per heavy atom. The van der Waals surface area contributed by atoms with Crippen LogP contribution in [0.4, 0.5) is 5.69 Å². The highest BCUT2D eigenvalue weighted by Crippen LogP contribution is 2.15. The standard InChI is InChI=1S/C21H22N4O4/c1-13(2)22-19(27)16-9-5-6-10-17(16)23-18(26)11-12-25-21(29)15-8-4-3-7-14(15)20(28)24-25/h3-10,13H,11-12H2,1-2H3,(H,22,27)(H,23,26)(H,24,28). The summed E-state index contributed by atoms with van der Waals surface area (Å²) in [4.78, 5) is 49.3. The van der Waals surface area contributed by atoms with Crippen molar-refractivity contribution in [2.75, 3.05) is 5.32 Å². The number of nitrogens with zero attached hydrogens (tertiary/aromatic N) is 1. The molecule has 8 nitrogen and oxygen atoms in total. The lowest BCUT2D eigenvalue weighted by atomic mass is 10.1. The van der Waals surface area contributed by atoms with Gasteiger partial charge < -0.3 is 10.6 Å². The van der Waals surface area contributed by atoms with Gasteiger partial charge in [-0.25, -0.2) is 4.68 Å². The molecule has 0 radical (unpaired) electrons. The van der Waals surface area contributed by atoms with Crippen molar-refractivity contribution in [1.82, 2.24) is 15.1 Å². The quantitative estimate of drug-likeness (QED) is 0.592. The summed E-state index contributed by atoms with van der Waals surface area (Å²) < 4.78 is 1.13. The van der Waals surface area contributed by atoms with Gasteiger partial charge in [0.15, 0.2) is 0 Å². The molecule has 3 aromatic rings. The molecule has 3 rings (SSSR count). The number of aromatic amines is 1. The van der Waals surface area contributed by atoms with Crippen molar-refractivity contribution in [1.29, 1.82) is 0 Å². The second-order valence-corrected chi connectivity index (χ2v) is 6.92. The Bertz CT molecular complexity index is 1180. The maximum absolute atomic E-state index is 12.5. The molecule has 0 aliphatic carbocycles. The zero-order valence-corrected chi connectivity index (χ0v) is 16.2. The molecule has 29 heavy (non-hydrogen) atoms. The molecule has 2 aromatic carbocycles. The lowest BCUT2D eigenvalue weighted by Gasteiger charge is -2.13. The summed E-state index contributed by atoms with van der Waals surface area (Å²) in [7, 11) is 0. The average molecular weight is 394 g/mol. The number of hydrogen-bond acceptors (Lipinski definition) is 4. The van der Waals surface area contributed by atoms with Crippen molar-refractivity contribution >= 4 is 28.3 Å². The van der Waals surface area contributed by atoms with Gasteiger partial charge in [0.05, 0.1) is 28.6 Å². The summed E-state index contributed by atoms with van der Waals surface area (Å²) in [5.41, 5.74) is -0.0261. The highest BCUT2D eigenvalue weighted by molar-refractivity contribution is 6.03. The number of H-pyrrole nitrogens is 1. The van der Waals surface area contributed by atoms with Gasteiger partial charge in [-0.1, -0.05) is 24.3 Å². The first-order chi connectivity index (χ1) is 13.9. The first-order valence-electron chi connectivity index (χ1n) is 9.28. The number of fused-ring (bicyclic) bond motifs is 1. The first kappa shape index (κ1) is 20.1. The Morgan fingerprint density at radius 3 is 2.38 bits per heavy atom. The van der Waals surface area contributed by atoms with E-state index in [0.29, 0.717) is 22.0 Å². The van der Waals surface area contributed by atoms with Crippen LogP contribution < -0.4 is 21.8 Å². The van der Waals surface area contributed by atoms with Crippen molar-refractivity contribution in [2.24, 2.45) is 0 Å². The van der Waals surface area contributed by atoms with Crippen molar-refractivity contribution in [3.05, 3.63) is 74.8 Å². The number of nitrogens with one attached hydrogen (secondary N) is 3. The number of hydrogen-bond donors (Lipinski definition) is 3. The van der Waals surface area contributed by atoms with Gasteiger partial charge in [0, 0.05) is 12.5 Å². The maximum Gasteiger partial charge on any atom is 0.273 e. The molecule has 0 spiro atoms. The lowest BCUT2D eigenvalue weighted by Crippen LogP contribution is -2.32. The van der Waals surface area contributed by atoms with E-state index in [1.165, 1.54) is 0 Å². The maximum atomic E-state index is 12.5. The fourth-order valence-corrected chi connectivity index (χ4v) is 2.96. The molecule has 1 heterocycles. The molecule has 150 valence electrons. The number of benzene rings is 2. The Balaban J connectivity index is 1.74. The molecule has 0 saturated carbocycles. The average Bonchev–Trinajstić information content (AvgIpc) is 2.69. The van der Waals surface area contributed by atoms with Gasteiger partial charge in [0.2, 0.25) is 5.91 Å². The van der Waals surface area contributed by atoms with Crippen LogP contribution in [0.1, 0.15) is 30.6 Å². The molecule has 0 aliphatic heterocycles. The van der Waals surface area contributed by atoms with Crippen LogP contribution in [0.2, 0.25) is 0 Å². The molecule has 0 atom stereocenters. The van der Waals surface area contributed by atoms with Crippen LogP contribution >= 0.6 is 0 Å². The van der Waals surface area contributed by atoms with Crippen LogP contribution in [0.15, 0.2) is 58.1 Å². The van der Waals surface area contributed by atoms with Crippen molar-refractivity contribution in [2.45, 2.75) is 32.9 Å². The number of amides is 2. The number of aryl methyl sites for hydroxylation is 1. The van der Waals surface area contributed by atoms with Crippen molar-refractivity contribution < 1.29 is 9.59 Å². The molecule has 0 bridgehead atoms. The fraction of sp³-hybridized carbons (Fsp3) is 0.238. The number of aromatic nitrogens is 2. The number of carbonyl (C=O) groups excluding carboxylic acids is 2. The van der Waals surface area contributed by atoms with Gasteiger partial charge in [-0.05, 0) is 38.1 Å². The largest absolute Gasteiger partial charge is 0.350 e. The number of anilines is 1. The minimum absolute atomic E-state index is 0.00506. The van der Waals surface area contributed by atoms with E-state index < -0.39 is 5.56 Å². The van der Waals surface area contributed by atoms with E-state index in [9.17, 15) is 19.2 Å². The molecule has 3 N–H and O–H groups in total. The van der Waals surface area contributed by atoms with Crippen molar-refractivity contribution in [3.63, 3.8) is 0 Å². The molecule has 0 saturated heterocycles. The van der Waals surface area contributed by atoms with Crippen LogP contribution in [0, 0.1) is 0 Å². The van der Waals surface area contributed by atoms with Gasteiger partial charge >= 0.3 is 0 Å². The molecule has 8 heteroatoms. The van der Waals surface area contributed by atoms with E-state index in [1.807, 2.05) is 13.8 Å². The van der Waals surface area contributed by atoms with Gasteiger partial charge in [-0.3, -0.25) is 24.3 Å². The Hall–Kier alpha value is -3.68. The summed E-state index contributed by atoms with van der Waals surface area (Å²) in [5.74, 6) is -0.665. The summed E-state index contributed by atoms with van der Waals surface area (Å²) in [6, 6.07) is 13.2. The lowest BCUT2D eigenvalue weighted by molar-refractivity contribution is -0.116. The minimum atomic E-state index is -0.392. The molecule has 0 aliphatic rings. The summed E-state index contributed by atoms with van der Waals surface area (Å²) in [6.07, 6.45) is -0.0473. The summed E-state index contributed by atoms with van der Waals surface area (Å²) in [5, 5.41) is 8.59. The summed E-state index contributed by atoms with van der Waals surface area (Å²) >= 11 is 0. The van der Waals surface area contributed by atoms with Crippen LogP contribution in [0.25, 0.3) is 10.8 Å². The molecule has 0 fully saturated rings. The zero-order valence-electron chi connectivity index (χ0n) is 16.2. The van der Waals surface area contributed by atoms with E-state index >= 15 is 0 Å². The van der Waals surface area contributed by atoms with E-state index in [4.69, 9.17) is 0 Å². The Kier molecular flexibility index (Phi) is 5.92. The highest BCUT2D eigenvalue weighted by Gasteiger charge is 2.14. The fourth-order valence-electron chi connectivity index (χ4n) is 2.96. The zero-order chi connectivity index (χ0) is 21.0. The third-order valence-electron chi connectivity index (χ3n) is 4.31. The molecule has 0 unspecified atom stereocenters. The SMILES string of the molecule is CC(C)NC(=O)c1ccccc1NC(=O)CCn1[nH]c(=O)c2ccccc2c1=O. The van der Waals surface area contributed by atoms with Gasteiger partial charge in [-0.15, -0.1) is 0 Å². The summed E-state index contributed by atoms with van der Waals surface area (Å²) in [6.45, 7) is 3.70. The number of carbonyl (C=O) groups is 2. The second-order valence-electron chi connectivity index (χ2n) is 6.92. The normalized spacial score (nSPS) is 10.9. The van der Waals surface area contributed by atoms with Crippen LogP contribution in [0.3, 0.4) is 0 Å². The van der Waals surface area contributed by atoms with Gasteiger partial charge in [-0.2, -0.15) is 0 Å². The molecular formula is C21H22N4O4. The van der Waals surface area contributed by atoms with E-state index in [2.05, 4.69) is 15.7 Å². The van der Waals surface area contributed by atoms with Gasteiger partial charge in [0.1, 0.15) is 0 Å². The predicted octanol–water partition coefficient (Wildman–Crippen LogP) is 1.86. The first-order valence-corrected chi connectivity index (χ1v) is 9.28. The van der Waals surface area contributed by atoms with Crippen LogP contribution in [0.5, 0.6) is 0 Å². The third-order valence-corrected chi connectivity index (χ3v) is 4.31. The topological polar surface area (TPSA) is 113 Å². The number of rotatable bonds is 6. The van der Waals surface area contributed by atoms with E-state index in [0.717, 1.165) is 4.68 Å². The number of para-hydroxylation sites is 1. The molecular weight excluding hydrogens is 372 g/mol. The second kappa shape index (κ2) is 8.55. The third kappa shape index (κ3) is 4.60. The monoisotopic (exact) mass is 394 g/mol. The highest BCUT2D eigenvalue weighted by atomic mass is 16.2. The Morgan fingerprint density at radius 1 is 1.00 bits per heavy atom. The van der Waals surface area contributed by atoms with E-state index in [-0.39, 0.29) is 36.4 Å². The minimum Gasteiger partial charge on any atom is -0.350 e. The van der Waals surface area contributed by atoms with Gasteiger partial charge in [0.25, 0.3) is 17.0 Å². The smallest absolute Gasteiger partial charge is 0.273 e. The Labute approximate surface area is 166 Å². The van der Waals surface area contributed by atoms with Crippen LogP contribution in [-0.2, 0) is 11.3 Å².